The summed E-state index contributed by atoms with van der Waals surface area (Å²) in [6.07, 6.45) is 3.70. The normalized spacial score (nSPS) is 19.8. The molecule has 7 nitrogen and oxygen atoms in total. The molecular weight excluding hydrogens is 328 g/mol. The number of benzene rings is 1. The SMILES string of the molecule is COCCN1CCC[C@@H](CNS(=O)(=O)c2ccc3nc[nH]c3c2)C1. The van der Waals surface area contributed by atoms with Gasteiger partial charge < -0.3 is 14.6 Å². The van der Waals surface area contributed by atoms with Crippen LogP contribution in [0.2, 0.25) is 0 Å². The summed E-state index contributed by atoms with van der Waals surface area (Å²) in [6, 6.07) is 4.93. The highest BCUT2D eigenvalue weighted by molar-refractivity contribution is 7.89. The van der Waals surface area contributed by atoms with E-state index in [1.165, 1.54) is 0 Å². The number of hydrogen-bond acceptors (Lipinski definition) is 5. The van der Waals surface area contributed by atoms with Crippen LogP contribution in [-0.4, -0.2) is 63.2 Å². The molecule has 0 aliphatic carbocycles. The first-order valence-corrected chi connectivity index (χ1v) is 9.71. The molecule has 1 saturated heterocycles. The molecule has 1 aromatic heterocycles. The molecule has 1 aliphatic heterocycles. The van der Waals surface area contributed by atoms with Crippen LogP contribution in [0.5, 0.6) is 0 Å². The summed E-state index contributed by atoms with van der Waals surface area (Å²) in [7, 11) is -1.80. The van der Waals surface area contributed by atoms with Gasteiger partial charge in [0.25, 0.3) is 0 Å². The van der Waals surface area contributed by atoms with Gasteiger partial charge in [0, 0.05) is 26.7 Å². The van der Waals surface area contributed by atoms with Crippen molar-refractivity contribution in [1.29, 1.82) is 0 Å². The molecule has 2 aromatic rings. The number of hydrogen-bond donors (Lipinski definition) is 2. The molecule has 0 unspecified atom stereocenters. The van der Waals surface area contributed by atoms with Crippen molar-refractivity contribution in [3.63, 3.8) is 0 Å². The van der Waals surface area contributed by atoms with Gasteiger partial charge in [-0.2, -0.15) is 0 Å². The molecule has 1 atom stereocenters. The highest BCUT2D eigenvalue weighted by Gasteiger charge is 2.22. The van der Waals surface area contributed by atoms with Crippen LogP contribution < -0.4 is 4.72 Å². The molecule has 0 amide bonds. The predicted molar refractivity (Wildman–Crippen MR) is 92.3 cm³/mol. The summed E-state index contributed by atoms with van der Waals surface area (Å²) in [5.74, 6) is 0.335. The number of aromatic amines is 1. The number of imidazole rings is 1. The maximum atomic E-state index is 12.5. The van der Waals surface area contributed by atoms with Crippen LogP contribution in [0.15, 0.2) is 29.4 Å². The maximum Gasteiger partial charge on any atom is 0.240 e. The van der Waals surface area contributed by atoms with Gasteiger partial charge in [-0.25, -0.2) is 18.1 Å². The van der Waals surface area contributed by atoms with Crippen LogP contribution in [0.3, 0.4) is 0 Å². The van der Waals surface area contributed by atoms with Crippen molar-refractivity contribution in [2.45, 2.75) is 17.7 Å². The molecule has 0 bridgehead atoms. The number of nitrogens with one attached hydrogen (secondary N) is 2. The van der Waals surface area contributed by atoms with E-state index in [1.807, 2.05) is 0 Å². The zero-order valence-electron chi connectivity index (χ0n) is 13.9. The third-order valence-corrected chi connectivity index (χ3v) is 5.90. The van der Waals surface area contributed by atoms with E-state index in [9.17, 15) is 8.42 Å². The number of piperidine rings is 1. The Kier molecular flexibility index (Phi) is 5.50. The average Bonchev–Trinajstić information content (AvgIpc) is 3.06. The lowest BCUT2D eigenvalue weighted by atomic mass is 9.98. The molecular formula is C16H24N4O3S. The smallest absolute Gasteiger partial charge is 0.240 e. The van der Waals surface area contributed by atoms with Gasteiger partial charge in [-0.15, -0.1) is 0 Å². The molecule has 3 rings (SSSR count). The van der Waals surface area contributed by atoms with Crippen LogP contribution in [-0.2, 0) is 14.8 Å². The Labute approximate surface area is 142 Å². The van der Waals surface area contributed by atoms with Gasteiger partial charge in [0.2, 0.25) is 10.0 Å². The van der Waals surface area contributed by atoms with Gasteiger partial charge in [0.1, 0.15) is 0 Å². The summed E-state index contributed by atoms with van der Waals surface area (Å²) >= 11 is 0. The quantitative estimate of drug-likeness (QED) is 0.782. The van der Waals surface area contributed by atoms with Gasteiger partial charge >= 0.3 is 0 Å². The Bertz CT molecular complexity index is 774. The lowest BCUT2D eigenvalue weighted by molar-refractivity contribution is 0.115. The minimum Gasteiger partial charge on any atom is -0.383 e. The lowest BCUT2D eigenvalue weighted by Crippen LogP contribution is -2.42. The summed E-state index contributed by atoms with van der Waals surface area (Å²) < 4.78 is 32.9. The first-order chi connectivity index (χ1) is 11.6. The molecule has 0 spiro atoms. The van der Waals surface area contributed by atoms with Crippen molar-refractivity contribution < 1.29 is 13.2 Å². The van der Waals surface area contributed by atoms with E-state index in [0.29, 0.717) is 19.1 Å². The fourth-order valence-corrected chi connectivity index (χ4v) is 4.28. The Morgan fingerprint density at radius 3 is 3.17 bits per heavy atom. The average molecular weight is 352 g/mol. The van der Waals surface area contributed by atoms with E-state index in [4.69, 9.17) is 4.74 Å². The monoisotopic (exact) mass is 352 g/mol. The van der Waals surface area contributed by atoms with E-state index in [0.717, 1.165) is 43.5 Å². The number of ether oxygens (including phenoxy) is 1. The molecule has 0 saturated carbocycles. The molecule has 1 aliphatic rings. The second-order valence-electron chi connectivity index (χ2n) is 6.24. The van der Waals surface area contributed by atoms with E-state index < -0.39 is 10.0 Å². The molecule has 8 heteroatoms. The number of methoxy groups -OCH3 is 1. The van der Waals surface area contributed by atoms with Crippen molar-refractivity contribution in [1.82, 2.24) is 19.6 Å². The number of H-pyrrole nitrogens is 1. The molecule has 2 heterocycles. The number of likely N-dealkylation sites (tertiary alicyclic amines) is 1. The standard InChI is InChI=1S/C16H24N4O3S/c1-23-8-7-20-6-2-3-13(11-20)10-19-24(21,22)14-4-5-15-16(9-14)18-12-17-15/h4-5,9,12-13,19H,2-3,6-8,10-11H2,1H3,(H,17,18)/t13-/m0/s1. The largest absolute Gasteiger partial charge is 0.383 e. The van der Waals surface area contributed by atoms with E-state index in [-0.39, 0.29) is 4.90 Å². The van der Waals surface area contributed by atoms with Crippen molar-refractivity contribution in [2.75, 3.05) is 39.9 Å². The zero-order valence-corrected chi connectivity index (χ0v) is 14.7. The number of aromatic nitrogens is 2. The van der Waals surface area contributed by atoms with Gasteiger partial charge in [-0.1, -0.05) is 0 Å². The summed E-state index contributed by atoms with van der Waals surface area (Å²) in [4.78, 5) is 9.65. The van der Waals surface area contributed by atoms with Crippen molar-refractivity contribution in [3.8, 4) is 0 Å². The van der Waals surface area contributed by atoms with Gasteiger partial charge in [0.05, 0.1) is 28.9 Å². The Morgan fingerprint density at radius 2 is 2.33 bits per heavy atom. The number of fused-ring (bicyclic) bond motifs is 1. The molecule has 24 heavy (non-hydrogen) atoms. The minimum absolute atomic E-state index is 0.270. The second kappa shape index (κ2) is 7.60. The first kappa shape index (κ1) is 17.3. The van der Waals surface area contributed by atoms with Gasteiger partial charge in [0.15, 0.2) is 0 Å². The van der Waals surface area contributed by atoms with E-state index in [1.54, 1.807) is 31.6 Å². The first-order valence-electron chi connectivity index (χ1n) is 8.22. The third kappa shape index (κ3) is 4.13. The number of nitrogens with zero attached hydrogens (tertiary/aromatic N) is 2. The van der Waals surface area contributed by atoms with Gasteiger partial charge in [-0.3, -0.25) is 0 Å². The molecule has 1 fully saturated rings. The molecule has 1 aromatic carbocycles. The highest BCUT2D eigenvalue weighted by atomic mass is 32.2. The maximum absolute atomic E-state index is 12.5. The highest BCUT2D eigenvalue weighted by Crippen LogP contribution is 2.18. The minimum atomic E-state index is -3.50. The summed E-state index contributed by atoms with van der Waals surface area (Å²) in [6.45, 7) is 4.04. The third-order valence-electron chi connectivity index (χ3n) is 4.48. The fraction of sp³-hybridized carbons (Fsp3) is 0.562. The van der Waals surface area contributed by atoms with Crippen LogP contribution in [0.4, 0.5) is 0 Å². The summed E-state index contributed by atoms with van der Waals surface area (Å²) in [5, 5.41) is 0. The Morgan fingerprint density at radius 1 is 1.46 bits per heavy atom. The lowest BCUT2D eigenvalue weighted by Gasteiger charge is -2.32. The van der Waals surface area contributed by atoms with Crippen LogP contribution >= 0.6 is 0 Å². The molecule has 0 radical (unpaired) electrons. The second-order valence-corrected chi connectivity index (χ2v) is 8.00. The van der Waals surface area contributed by atoms with Crippen LogP contribution in [0, 0.1) is 5.92 Å². The van der Waals surface area contributed by atoms with Crippen molar-refractivity contribution in [2.24, 2.45) is 5.92 Å². The zero-order chi connectivity index (χ0) is 17.0. The Balaban J connectivity index is 1.60. The number of sulfonamides is 1. The molecule has 2 N–H and O–H groups in total. The van der Waals surface area contributed by atoms with Crippen LogP contribution in [0.1, 0.15) is 12.8 Å². The Hall–Kier alpha value is -1.48. The van der Waals surface area contributed by atoms with Crippen molar-refractivity contribution >= 4 is 21.1 Å². The van der Waals surface area contributed by atoms with Crippen LogP contribution in [0.25, 0.3) is 11.0 Å². The summed E-state index contributed by atoms with van der Waals surface area (Å²) in [5.41, 5.74) is 1.48. The fourth-order valence-electron chi connectivity index (χ4n) is 3.13. The van der Waals surface area contributed by atoms with E-state index in [2.05, 4.69) is 19.6 Å². The molecule has 132 valence electrons. The topological polar surface area (TPSA) is 87.3 Å². The number of rotatable bonds is 7. The van der Waals surface area contributed by atoms with Gasteiger partial charge in [-0.05, 0) is 43.5 Å². The van der Waals surface area contributed by atoms with Crippen molar-refractivity contribution in [3.05, 3.63) is 24.5 Å². The predicted octanol–water partition coefficient (Wildman–Crippen LogP) is 1.20. The van der Waals surface area contributed by atoms with E-state index >= 15 is 0 Å².